The molecule has 0 aromatic heterocycles. The number of carboxylic acid groups (broad SMARTS) is 1. The Balaban J connectivity index is 2.05. The maximum absolute atomic E-state index is 11.1. The van der Waals surface area contributed by atoms with Gasteiger partial charge in [-0.05, 0) is 6.42 Å². The maximum atomic E-state index is 11.1. The summed E-state index contributed by atoms with van der Waals surface area (Å²) in [6.45, 7) is 2.05. The lowest BCUT2D eigenvalue weighted by molar-refractivity contribution is -0.138. The second-order valence-electron chi connectivity index (χ2n) is 3.43. The van der Waals surface area contributed by atoms with Gasteiger partial charge >= 0.3 is 5.97 Å². The third-order valence-corrected chi connectivity index (χ3v) is 2.18. The Labute approximate surface area is 82.4 Å². The van der Waals surface area contributed by atoms with Crippen LogP contribution in [0.25, 0.3) is 0 Å². The number of carbonyl (C=O) groups excluding carboxylic acids is 1. The lowest BCUT2D eigenvalue weighted by Gasteiger charge is -2.08. The van der Waals surface area contributed by atoms with Gasteiger partial charge in [0, 0.05) is 25.5 Å². The number of hydrogen-bond donors (Lipinski definition) is 2. The van der Waals surface area contributed by atoms with Gasteiger partial charge in [-0.15, -0.1) is 0 Å². The highest BCUT2D eigenvalue weighted by molar-refractivity contribution is 5.80. The molecule has 1 amide bonds. The van der Waals surface area contributed by atoms with Crippen LogP contribution >= 0.6 is 0 Å². The molecule has 1 aliphatic heterocycles. The molecule has 0 radical (unpaired) electrons. The average Bonchev–Trinajstić information content (AvgIpc) is 2.63. The first kappa shape index (κ1) is 11.0. The molecule has 1 rings (SSSR count). The van der Waals surface area contributed by atoms with Crippen molar-refractivity contribution in [3.05, 3.63) is 0 Å². The summed E-state index contributed by atoms with van der Waals surface area (Å²) < 4.78 is 5.14. The highest BCUT2D eigenvalue weighted by Crippen LogP contribution is 2.10. The van der Waals surface area contributed by atoms with Crippen molar-refractivity contribution in [2.24, 2.45) is 5.92 Å². The van der Waals surface area contributed by atoms with Gasteiger partial charge in [0.25, 0.3) is 0 Å². The van der Waals surface area contributed by atoms with Crippen molar-refractivity contribution in [2.75, 3.05) is 19.8 Å². The Morgan fingerprint density at radius 3 is 2.79 bits per heavy atom. The molecule has 80 valence electrons. The summed E-state index contributed by atoms with van der Waals surface area (Å²) in [6, 6.07) is 0. The van der Waals surface area contributed by atoms with Gasteiger partial charge < -0.3 is 15.2 Å². The van der Waals surface area contributed by atoms with Crippen molar-refractivity contribution in [3.63, 3.8) is 0 Å². The van der Waals surface area contributed by atoms with E-state index in [1.54, 1.807) is 0 Å². The molecule has 14 heavy (non-hydrogen) atoms. The highest BCUT2D eigenvalue weighted by Gasteiger charge is 2.16. The topological polar surface area (TPSA) is 75.6 Å². The number of aliphatic carboxylic acids is 1. The van der Waals surface area contributed by atoms with Crippen LogP contribution < -0.4 is 5.32 Å². The van der Waals surface area contributed by atoms with Gasteiger partial charge in [0.2, 0.25) is 5.91 Å². The minimum atomic E-state index is -0.940. The minimum absolute atomic E-state index is 0.0584. The van der Waals surface area contributed by atoms with E-state index in [1.807, 2.05) is 0 Å². The molecule has 2 N–H and O–H groups in total. The van der Waals surface area contributed by atoms with Crippen molar-refractivity contribution in [3.8, 4) is 0 Å². The fraction of sp³-hybridized carbons (Fsp3) is 0.778. The van der Waals surface area contributed by atoms with Crippen LogP contribution in [0.2, 0.25) is 0 Å². The predicted octanol–water partition coefficient (Wildman–Crippen LogP) is 0.00390. The van der Waals surface area contributed by atoms with E-state index in [4.69, 9.17) is 9.84 Å². The molecule has 1 unspecified atom stereocenters. The molecule has 0 bridgehead atoms. The summed E-state index contributed by atoms with van der Waals surface area (Å²) in [4.78, 5) is 21.3. The van der Waals surface area contributed by atoms with Gasteiger partial charge in [-0.3, -0.25) is 9.59 Å². The first-order chi connectivity index (χ1) is 6.68. The van der Waals surface area contributed by atoms with E-state index >= 15 is 0 Å². The maximum Gasteiger partial charge on any atom is 0.303 e. The van der Waals surface area contributed by atoms with Crippen molar-refractivity contribution in [2.45, 2.75) is 19.3 Å². The lowest BCUT2D eigenvalue weighted by atomic mass is 10.1. The first-order valence-electron chi connectivity index (χ1n) is 4.74. The summed E-state index contributed by atoms with van der Waals surface area (Å²) in [6.07, 6.45) is 0.926. The monoisotopic (exact) mass is 201 g/mol. The van der Waals surface area contributed by atoms with Crippen LogP contribution in [0, 0.1) is 5.92 Å². The summed E-state index contributed by atoms with van der Waals surface area (Å²) in [5.74, 6) is -0.743. The number of carboxylic acids is 1. The van der Waals surface area contributed by atoms with Crippen LogP contribution in [-0.4, -0.2) is 36.7 Å². The second kappa shape index (κ2) is 5.59. The first-order valence-corrected chi connectivity index (χ1v) is 4.74. The minimum Gasteiger partial charge on any atom is -0.481 e. The Bertz CT molecular complexity index is 211. The smallest absolute Gasteiger partial charge is 0.303 e. The third kappa shape index (κ3) is 4.23. The van der Waals surface area contributed by atoms with Crippen LogP contribution in [0.15, 0.2) is 0 Å². The van der Waals surface area contributed by atoms with Crippen molar-refractivity contribution in [1.82, 2.24) is 5.32 Å². The summed E-state index contributed by atoms with van der Waals surface area (Å²) >= 11 is 0. The van der Waals surface area contributed by atoms with Crippen molar-refractivity contribution < 1.29 is 19.4 Å². The Morgan fingerprint density at radius 1 is 1.43 bits per heavy atom. The van der Waals surface area contributed by atoms with E-state index in [2.05, 4.69) is 5.32 Å². The number of carbonyl (C=O) groups is 2. The molecular formula is C9H15NO4. The Hall–Kier alpha value is -1.10. The van der Waals surface area contributed by atoms with Gasteiger partial charge in [-0.25, -0.2) is 0 Å². The Kier molecular flexibility index (Phi) is 4.39. The fourth-order valence-electron chi connectivity index (χ4n) is 1.31. The normalized spacial score (nSPS) is 20.7. The molecule has 1 fully saturated rings. The predicted molar refractivity (Wildman–Crippen MR) is 48.8 cm³/mol. The van der Waals surface area contributed by atoms with Crippen LogP contribution in [-0.2, 0) is 14.3 Å². The highest BCUT2D eigenvalue weighted by atomic mass is 16.5. The molecule has 0 saturated carbocycles. The van der Waals surface area contributed by atoms with Crippen LogP contribution in [0.4, 0.5) is 0 Å². The van der Waals surface area contributed by atoms with Gasteiger partial charge in [-0.2, -0.15) is 0 Å². The molecule has 0 spiro atoms. The van der Waals surface area contributed by atoms with Gasteiger partial charge in [-0.1, -0.05) is 0 Å². The number of hydrogen-bond acceptors (Lipinski definition) is 3. The Morgan fingerprint density at radius 2 is 2.21 bits per heavy atom. The fourth-order valence-corrected chi connectivity index (χ4v) is 1.31. The average molecular weight is 201 g/mol. The summed E-state index contributed by atoms with van der Waals surface area (Å²) in [5.41, 5.74) is 0. The van der Waals surface area contributed by atoms with Crippen LogP contribution in [0.1, 0.15) is 19.3 Å². The molecular weight excluding hydrogens is 186 g/mol. The van der Waals surface area contributed by atoms with Gasteiger partial charge in [0.15, 0.2) is 0 Å². The molecule has 0 aromatic rings. The largest absolute Gasteiger partial charge is 0.481 e. The van der Waals surface area contributed by atoms with E-state index in [9.17, 15) is 9.59 Å². The van der Waals surface area contributed by atoms with E-state index in [-0.39, 0.29) is 18.7 Å². The summed E-state index contributed by atoms with van der Waals surface area (Å²) in [5, 5.41) is 11.0. The van der Waals surface area contributed by atoms with E-state index in [1.165, 1.54) is 0 Å². The standard InChI is InChI=1S/C9H15NO4/c11-8(1-2-9(12)13)10-5-7-3-4-14-6-7/h7H,1-6H2,(H,10,11)(H,12,13). The number of ether oxygens (including phenoxy) is 1. The number of nitrogens with one attached hydrogen (secondary N) is 1. The van der Waals surface area contributed by atoms with Crippen molar-refractivity contribution >= 4 is 11.9 Å². The lowest BCUT2D eigenvalue weighted by Crippen LogP contribution is -2.29. The zero-order valence-corrected chi connectivity index (χ0v) is 7.99. The molecule has 5 heteroatoms. The zero-order chi connectivity index (χ0) is 10.4. The zero-order valence-electron chi connectivity index (χ0n) is 7.99. The molecule has 5 nitrogen and oxygen atoms in total. The number of amides is 1. The SMILES string of the molecule is O=C(O)CCC(=O)NCC1CCOC1. The van der Waals surface area contributed by atoms with Gasteiger partial charge in [0.1, 0.15) is 0 Å². The number of rotatable bonds is 5. The van der Waals surface area contributed by atoms with E-state index in [0.29, 0.717) is 19.1 Å². The van der Waals surface area contributed by atoms with E-state index in [0.717, 1.165) is 13.0 Å². The van der Waals surface area contributed by atoms with Gasteiger partial charge in [0.05, 0.1) is 13.0 Å². The van der Waals surface area contributed by atoms with Crippen LogP contribution in [0.3, 0.4) is 0 Å². The summed E-state index contributed by atoms with van der Waals surface area (Å²) in [7, 11) is 0. The quantitative estimate of drug-likeness (QED) is 0.656. The molecule has 1 atom stereocenters. The molecule has 0 aliphatic carbocycles. The molecule has 1 saturated heterocycles. The van der Waals surface area contributed by atoms with Crippen LogP contribution in [0.5, 0.6) is 0 Å². The molecule has 1 heterocycles. The van der Waals surface area contributed by atoms with E-state index < -0.39 is 5.97 Å². The van der Waals surface area contributed by atoms with Crippen molar-refractivity contribution in [1.29, 1.82) is 0 Å². The second-order valence-corrected chi connectivity index (χ2v) is 3.43. The molecule has 1 aliphatic rings. The molecule has 0 aromatic carbocycles. The third-order valence-electron chi connectivity index (χ3n) is 2.18.